The minimum Gasteiger partial charge on any atom is -0.457 e. The topological polar surface area (TPSA) is 214 Å². The lowest BCUT2D eigenvalue weighted by atomic mass is 9.98. The van der Waals surface area contributed by atoms with E-state index in [1.165, 1.54) is 128 Å². The number of allylic oxidation sites excluding steroid dienone is 6. The Bertz CT molecular complexity index is 1280. The van der Waals surface area contributed by atoms with Crippen molar-refractivity contribution in [1.82, 2.24) is 0 Å². The SMILES string of the molecule is CCCCCCC/C=C\C/C=C\C/C=C\CCCCCCCCCCCCCOCC(COC1OC(COC2OC(CO)C(O)C(O)C2O)C(O)C(O)C1O)OC(=O)CCCCCCCCCCC. The van der Waals surface area contributed by atoms with Gasteiger partial charge < -0.3 is 64.2 Å². The summed E-state index contributed by atoms with van der Waals surface area (Å²) in [7, 11) is 0. The van der Waals surface area contributed by atoms with Gasteiger partial charge in [-0.15, -0.1) is 0 Å². The molecular formula is C55H100O14. The van der Waals surface area contributed by atoms with Crippen molar-refractivity contribution in [2.24, 2.45) is 0 Å². The summed E-state index contributed by atoms with van der Waals surface area (Å²) in [5.74, 6) is -0.380. The smallest absolute Gasteiger partial charge is 0.306 e. The summed E-state index contributed by atoms with van der Waals surface area (Å²) in [4.78, 5) is 12.9. The molecule has 11 unspecified atom stereocenters. The normalized spacial score (nSPS) is 25.9. The molecule has 0 bridgehead atoms. The van der Waals surface area contributed by atoms with Crippen LogP contribution in [0.3, 0.4) is 0 Å². The van der Waals surface area contributed by atoms with Gasteiger partial charge in [-0.2, -0.15) is 0 Å². The molecule has 14 heteroatoms. The molecule has 11 atom stereocenters. The van der Waals surface area contributed by atoms with Crippen molar-refractivity contribution in [1.29, 1.82) is 0 Å². The summed E-state index contributed by atoms with van der Waals surface area (Å²) in [6.07, 6.45) is 32.3. The van der Waals surface area contributed by atoms with Gasteiger partial charge in [-0.1, -0.05) is 185 Å². The molecule has 0 radical (unpaired) electrons. The molecule has 2 aliphatic heterocycles. The number of esters is 1. The van der Waals surface area contributed by atoms with Gasteiger partial charge >= 0.3 is 5.97 Å². The lowest BCUT2D eigenvalue weighted by Crippen LogP contribution is -2.61. The molecule has 0 aromatic carbocycles. The van der Waals surface area contributed by atoms with E-state index < -0.39 is 80.7 Å². The summed E-state index contributed by atoms with van der Waals surface area (Å²) in [6.45, 7) is 3.66. The number of unbranched alkanes of at least 4 members (excludes halogenated alkanes) is 24. The van der Waals surface area contributed by atoms with Crippen LogP contribution >= 0.6 is 0 Å². The fourth-order valence-electron chi connectivity index (χ4n) is 8.65. The van der Waals surface area contributed by atoms with E-state index in [-0.39, 0.29) is 25.6 Å². The van der Waals surface area contributed by atoms with Crippen LogP contribution in [0, 0.1) is 0 Å². The highest BCUT2D eigenvalue weighted by atomic mass is 16.7. The third-order valence-electron chi connectivity index (χ3n) is 13.2. The molecule has 0 amide bonds. The average molecular weight is 985 g/mol. The van der Waals surface area contributed by atoms with Crippen molar-refractivity contribution >= 4 is 5.97 Å². The van der Waals surface area contributed by atoms with Gasteiger partial charge in [0.2, 0.25) is 0 Å². The number of carbonyl (C=O) groups excluding carboxylic acids is 1. The number of aliphatic hydroxyl groups is 7. The van der Waals surface area contributed by atoms with E-state index in [0.717, 1.165) is 51.4 Å². The molecule has 0 aromatic rings. The highest BCUT2D eigenvalue weighted by Crippen LogP contribution is 2.26. The summed E-state index contributed by atoms with van der Waals surface area (Å²) >= 11 is 0. The van der Waals surface area contributed by atoms with Gasteiger partial charge in [-0.05, 0) is 51.4 Å². The average Bonchev–Trinajstić information content (AvgIpc) is 3.35. The molecule has 0 saturated carbocycles. The van der Waals surface area contributed by atoms with Crippen LogP contribution in [-0.4, -0.2) is 142 Å². The summed E-state index contributed by atoms with van der Waals surface area (Å²) in [6, 6.07) is 0. The predicted octanol–water partition coefficient (Wildman–Crippen LogP) is 8.97. The Morgan fingerprint density at radius 3 is 1.41 bits per heavy atom. The van der Waals surface area contributed by atoms with Crippen LogP contribution in [0.5, 0.6) is 0 Å². The Labute approximate surface area is 417 Å². The molecule has 2 rings (SSSR count). The van der Waals surface area contributed by atoms with Gasteiger partial charge in [0.1, 0.15) is 54.9 Å². The largest absolute Gasteiger partial charge is 0.457 e. The standard InChI is InChI=1S/C55H100O14/c1-3-5-7-9-11-13-14-15-16-17-18-19-20-21-22-23-24-25-26-27-28-29-31-33-35-37-39-64-41-44(67-47(57)38-36-34-32-30-12-10-8-6-4-2)42-65-54-53(63)51(61)49(59)46(69-54)43-66-55-52(62)50(60)48(58)45(40-56)68-55/h14-15,17-18,20-21,44-46,48-56,58-63H,3-13,16,19,22-43H2,1-2H3/b15-14-,18-17-,21-20-. The van der Waals surface area contributed by atoms with Crippen molar-refractivity contribution in [2.75, 3.05) is 33.0 Å². The third-order valence-corrected chi connectivity index (χ3v) is 13.2. The Morgan fingerprint density at radius 1 is 0.478 bits per heavy atom. The first-order chi connectivity index (χ1) is 33.6. The molecule has 2 aliphatic rings. The molecular weight excluding hydrogens is 885 g/mol. The zero-order chi connectivity index (χ0) is 50.2. The maximum Gasteiger partial charge on any atom is 0.306 e. The first kappa shape index (κ1) is 63.3. The first-order valence-corrected chi connectivity index (χ1v) is 27.6. The summed E-state index contributed by atoms with van der Waals surface area (Å²) in [5, 5.41) is 72.1. The molecule has 2 saturated heterocycles. The Balaban J connectivity index is 1.65. The fraction of sp³-hybridized carbons (Fsp3) is 0.873. The van der Waals surface area contributed by atoms with E-state index in [0.29, 0.717) is 13.0 Å². The maximum absolute atomic E-state index is 12.9. The Kier molecular flexibility index (Phi) is 39.2. The van der Waals surface area contributed by atoms with E-state index in [9.17, 15) is 40.5 Å². The van der Waals surface area contributed by atoms with Gasteiger partial charge in [-0.25, -0.2) is 0 Å². The van der Waals surface area contributed by atoms with Crippen LogP contribution in [0.1, 0.15) is 206 Å². The van der Waals surface area contributed by atoms with Crippen LogP contribution in [-0.2, 0) is 33.2 Å². The van der Waals surface area contributed by atoms with Gasteiger partial charge in [0.25, 0.3) is 0 Å². The highest BCUT2D eigenvalue weighted by Gasteiger charge is 2.47. The van der Waals surface area contributed by atoms with E-state index in [2.05, 4.69) is 50.3 Å². The van der Waals surface area contributed by atoms with Crippen molar-refractivity contribution in [3.05, 3.63) is 36.5 Å². The lowest BCUT2D eigenvalue weighted by molar-refractivity contribution is -0.332. The van der Waals surface area contributed by atoms with Crippen LogP contribution < -0.4 is 0 Å². The monoisotopic (exact) mass is 985 g/mol. The quantitative estimate of drug-likeness (QED) is 0.0173. The molecule has 69 heavy (non-hydrogen) atoms. The number of aliphatic hydroxyl groups excluding tert-OH is 7. The number of hydrogen-bond donors (Lipinski definition) is 7. The molecule has 7 N–H and O–H groups in total. The zero-order valence-corrected chi connectivity index (χ0v) is 43.1. The van der Waals surface area contributed by atoms with E-state index in [1.807, 2.05) is 0 Å². The Hall–Kier alpha value is -1.79. The van der Waals surface area contributed by atoms with Gasteiger partial charge in [0, 0.05) is 13.0 Å². The zero-order valence-electron chi connectivity index (χ0n) is 43.1. The van der Waals surface area contributed by atoms with Gasteiger partial charge in [-0.3, -0.25) is 4.79 Å². The van der Waals surface area contributed by atoms with E-state index in [1.54, 1.807) is 0 Å². The molecule has 2 heterocycles. The van der Waals surface area contributed by atoms with Crippen molar-refractivity contribution in [2.45, 2.75) is 274 Å². The molecule has 404 valence electrons. The van der Waals surface area contributed by atoms with E-state index in [4.69, 9.17) is 28.4 Å². The molecule has 2 fully saturated rings. The fourth-order valence-corrected chi connectivity index (χ4v) is 8.65. The summed E-state index contributed by atoms with van der Waals surface area (Å²) in [5.41, 5.74) is 0. The van der Waals surface area contributed by atoms with E-state index >= 15 is 0 Å². The van der Waals surface area contributed by atoms with Crippen LogP contribution in [0.2, 0.25) is 0 Å². The van der Waals surface area contributed by atoms with Gasteiger partial charge in [0.05, 0.1) is 26.4 Å². The number of hydrogen-bond acceptors (Lipinski definition) is 14. The number of carbonyl (C=O) groups is 1. The number of rotatable bonds is 44. The van der Waals surface area contributed by atoms with Crippen LogP contribution in [0.25, 0.3) is 0 Å². The molecule has 0 spiro atoms. The predicted molar refractivity (Wildman–Crippen MR) is 270 cm³/mol. The second-order valence-corrected chi connectivity index (χ2v) is 19.4. The lowest BCUT2D eigenvalue weighted by Gasteiger charge is -2.42. The van der Waals surface area contributed by atoms with Crippen molar-refractivity contribution in [3.8, 4) is 0 Å². The van der Waals surface area contributed by atoms with Gasteiger partial charge in [0.15, 0.2) is 12.6 Å². The molecule has 0 aliphatic carbocycles. The Morgan fingerprint density at radius 2 is 0.899 bits per heavy atom. The third kappa shape index (κ3) is 30.1. The second kappa shape index (κ2) is 42.7. The minimum atomic E-state index is -1.70. The molecule has 0 aromatic heterocycles. The number of ether oxygens (including phenoxy) is 6. The summed E-state index contributed by atoms with van der Waals surface area (Å²) < 4.78 is 34.2. The van der Waals surface area contributed by atoms with Crippen molar-refractivity contribution < 1.29 is 69.0 Å². The van der Waals surface area contributed by atoms with Crippen LogP contribution in [0.4, 0.5) is 0 Å². The second-order valence-electron chi connectivity index (χ2n) is 19.4. The minimum absolute atomic E-state index is 0.0617. The molecule has 14 nitrogen and oxygen atoms in total. The highest BCUT2D eigenvalue weighted by molar-refractivity contribution is 5.69. The maximum atomic E-state index is 12.9. The first-order valence-electron chi connectivity index (χ1n) is 27.6. The van der Waals surface area contributed by atoms with Crippen LogP contribution in [0.15, 0.2) is 36.5 Å². The van der Waals surface area contributed by atoms with Crippen molar-refractivity contribution in [3.63, 3.8) is 0 Å².